The summed E-state index contributed by atoms with van der Waals surface area (Å²) in [6.45, 7) is 6.24. The van der Waals surface area contributed by atoms with Crippen LogP contribution in [-0.2, 0) is 16.1 Å². The lowest BCUT2D eigenvalue weighted by molar-refractivity contribution is -0.138. The molecule has 6 nitrogen and oxygen atoms in total. The first kappa shape index (κ1) is 21.1. The van der Waals surface area contributed by atoms with Crippen LogP contribution >= 0.6 is 0 Å². The normalized spacial score (nSPS) is 17.6. The molecule has 0 aromatic heterocycles. The maximum Gasteiger partial charge on any atom is 0.278 e. The van der Waals surface area contributed by atoms with Crippen molar-refractivity contribution in [2.75, 3.05) is 39.8 Å². The van der Waals surface area contributed by atoms with Crippen molar-refractivity contribution in [1.82, 2.24) is 14.7 Å². The second-order valence-corrected chi connectivity index (χ2v) is 7.70. The lowest BCUT2D eigenvalue weighted by Crippen LogP contribution is -2.47. The molecule has 2 aliphatic heterocycles. The Morgan fingerprint density at radius 1 is 0.903 bits per heavy atom. The standard InChI is InChI=1S/C24H26FN3O3/c1-3-26-12-14-27(15-13-26)22-21(18-6-10-20(31-2)11-7-18)23(29)28(24(22)30)16-17-4-8-19(25)9-5-17/h4-11H,3,12-16H2,1-2H3. The second kappa shape index (κ2) is 8.89. The summed E-state index contributed by atoms with van der Waals surface area (Å²) in [5, 5.41) is 0. The van der Waals surface area contributed by atoms with Crippen LogP contribution in [0.1, 0.15) is 18.1 Å². The number of halogens is 1. The van der Waals surface area contributed by atoms with Crippen LogP contribution in [0.25, 0.3) is 5.57 Å². The highest BCUT2D eigenvalue weighted by Gasteiger charge is 2.42. The molecule has 4 rings (SSSR count). The van der Waals surface area contributed by atoms with E-state index in [0.717, 1.165) is 19.6 Å². The lowest BCUT2D eigenvalue weighted by Gasteiger charge is -2.36. The molecule has 0 unspecified atom stereocenters. The number of likely N-dealkylation sites (N-methyl/N-ethyl adjacent to an activating group) is 1. The third-order valence-corrected chi connectivity index (χ3v) is 5.91. The van der Waals surface area contributed by atoms with Crippen LogP contribution in [-0.4, -0.2) is 66.3 Å². The van der Waals surface area contributed by atoms with Gasteiger partial charge in [0.1, 0.15) is 17.3 Å². The first-order valence-corrected chi connectivity index (χ1v) is 10.5. The fraction of sp³-hybridized carbons (Fsp3) is 0.333. The first-order valence-electron chi connectivity index (χ1n) is 10.5. The monoisotopic (exact) mass is 423 g/mol. The summed E-state index contributed by atoms with van der Waals surface area (Å²) in [6.07, 6.45) is 0. The predicted molar refractivity (Wildman–Crippen MR) is 116 cm³/mol. The fourth-order valence-corrected chi connectivity index (χ4v) is 4.08. The topological polar surface area (TPSA) is 53.1 Å². The number of piperazine rings is 1. The van der Waals surface area contributed by atoms with Crippen molar-refractivity contribution in [2.24, 2.45) is 0 Å². The predicted octanol–water partition coefficient (Wildman–Crippen LogP) is 2.75. The number of carbonyl (C=O) groups excluding carboxylic acids is 2. The van der Waals surface area contributed by atoms with Crippen molar-refractivity contribution in [1.29, 1.82) is 0 Å². The highest BCUT2D eigenvalue weighted by molar-refractivity contribution is 6.35. The van der Waals surface area contributed by atoms with Gasteiger partial charge >= 0.3 is 0 Å². The van der Waals surface area contributed by atoms with E-state index >= 15 is 0 Å². The molecule has 0 spiro atoms. The van der Waals surface area contributed by atoms with Gasteiger partial charge in [0, 0.05) is 26.2 Å². The Morgan fingerprint density at radius 3 is 2.13 bits per heavy atom. The molecule has 2 amide bonds. The van der Waals surface area contributed by atoms with E-state index in [1.165, 1.54) is 17.0 Å². The smallest absolute Gasteiger partial charge is 0.278 e. The summed E-state index contributed by atoms with van der Waals surface area (Å²) >= 11 is 0. The molecule has 2 aromatic carbocycles. The van der Waals surface area contributed by atoms with Gasteiger partial charge in [-0.1, -0.05) is 31.2 Å². The number of amides is 2. The molecule has 0 N–H and O–H groups in total. The molecule has 2 heterocycles. The zero-order chi connectivity index (χ0) is 22.0. The Kier molecular flexibility index (Phi) is 6.04. The molecule has 2 aromatic rings. The van der Waals surface area contributed by atoms with Crippen molar-refractivity contribution in [3.05, 3.63) is 71.2 Å². The van der Waals surface area contributed by atoms with E-state index in [4.69, 9.17) is 4.74 Å². The maximum absolute atomic E-state index is 13.4. The van der Waals surface area contributed by atoms with Gasteiger partial charge in [0.15, 0.2) is 0 Å². The summed E-state index contributed by atoms with van der Waals surface area (Å²) in [4.78, 5) is 32.5. The molecule has 1 fully saturated rings. The number of ether oxygens (including phenoxy) is 1. The van der Waals surface area contributed by atoms with Crippen molar-refractivity contribution in [3.63, 3.8) is 0 Å². The third kappa shape index (κ3) is 4.18. The van der Waals surface area contributed by atoms with Gasteiger partial charge in [0.25, 0.3) is 11.8 Å². The summed E-state index contributed by atoms with van der Waals surface area (Å²) in [7, 11) is 1.58. The van der Waals surface area contributed by atoms with Crippen LogP contribution in [0.5, 0.6) is 5.75 Å². The van der Waals surface area contributed by atoms with Crippen LogP contribution < -0.4 is 4.74 Å². The molecular formula is C24H26FN3O3. The van der Waals surface area contributed by atoms with Gasteiger partial charge in [-0.15, -0.1) is 0 Å². The van der Waals surface area contributed by atoms with Crippen molar-refractivity contribution < 1.29 is 18.7 Å². The molecule has 31 heavy (non-hydrogen) atoms. The molecule has 7 heteroatoms. The minimum Gasteiger partial charge on any atom is -0.497 e. The Labute approximate surface area is 181 Å². The van der Waals surface area contributed by atoms with Crippen LogP contribution in [0.3, 0.4) is 0 Å². The summed E-state index contributed by atoms with van der Waals surface area (Å²) in [5.41, 5.74) is 2.26. The molecule has 0 aliphatic carbocycles. The first-order chi connectivity index (χ1) is 15.0. The molecule has 2 aliphatic rings. The van der Waals surface area contributed by atoms with Gasteiger partial charge in [0.05, 0.1) is 19.2 Å². The Balaban J connectivity index is 1.69. The maximum atomic E-state index is 13.4. The number of methoxy groups -OCH3 is 1. The number of hydrogen-bond acceptors (Lipinski definition) is 5. The summed E-state index contributed by atoms with van der Waals surface area (Å²) < 4.78 is 18.5. The molecule has 0 saturated carbocycles. The number of imide groups is 1. The van der Waals surface area contributed by atoms with E-state index < -0.39 is 0 Å². The van der Waals surface area contributed by atoms with Crippen molar-refractivity contribution >= 4 is 17.4 Å². The van der Waals surface area contributed by atoms with Gasteiger partial charge in [-0.2, -0.15) is 0 Å². The number of benzene rings is 2. The van der Waals surface area contributed by atoms with Crippen LogP contribution in [0.4, 0.5) is 4.39 Å². The Hall–Kier alpha value is -3.19. The largest absolute Gasteiger partial charge is 0.497 e. The van der Waals surface area contributed by atoms with E-state index in [0.29, 0.717) is 41.2 Å². The van der Waals surface area contributed by atoms with Crippen LogP contribution in [0, 0.1) is 5.82 Å². The van der Waals surface area contributed by atoms with Crippen molar-refractivity contribution in [2.45, 2.75) is 13.5 Å². The van der Waals surface area contributed by atoms with E-state index in [2.05, 4.69) is 11.8 Å². The number of hydrogen-bond donors (Lipinski definition) is 0. The summed E-state index contributed by atoms with van der Waals surface area (Å²) in [5.74, 6) is -0.297. The average molecular weight is 423 g/mol. The molecule has 1 saturated heterocycles. The highest BCUT2D eigenvalue weighted by Crippen LogP contribution is 2.33. The Morgan fingerprint density at radius 2 is 1.55 bits per heavy atom. The Bertz CT molecular complexity index is 994. The van der Waals surface area contributed by atoms with Gasteiger partial charge in [-0.05, 0) is 41.9 Å². The van der Waals surface area contributed by atoms with E-state index in [-0.39, 0.29) is 24.2 Å². The molecule has 162 valence electrons. The second-order valence-electron chi connectivity index (χ2n) is 7.70. The van der Waals surface area contributed by atoms with Crippen LogP contribution in [0.15, 0.2) is 54.2 Å². The van der Waals surface area contributed by atoms with E-state index in [9.17, 15) is 14.0 Å². The summed E-state index contributed by atoms with van der Waals surface area (Å²) in [6, 6.07) is 13.1. The third-order valence-electron chi connectivity index (χ3n) is 5.91. The quantitative estimate of drug-likeness (QED) is 0.669. The lowest BCUT2D eigenvalue weighted by atomic mass is 10.0. The fourth-order valence-electron chi connectivity index (χ4n) is 4.08. The highest BCUT2D eigenvalue weighted by atomic mass is 19.1. The number of nitrogens with zero attached hydrogens (tertiary/aromatic N) is 3. The van der Waals surface area contributed by atoms with Gasteiger partial charge < -0.3 is 14.5 Å². The molecular weight excluding hydrogens is 397 g/mol. The molecule has 0 atom stereocenters. The van der Waals surface area contributed by atoms with Crippen molar-refractivity contribution in [3.8, 4) is 5.75 Å². The van der Waals surface area contributed by atoms with Gasteiger partial charge in [-0.25, -0.2) is 4.39 Å². The number of rotatable bonds is 6. The van der Waals surface area contributed by atoms with Gasteiger partial charge in [0.2, 0.25) is 0 Å². The molecule has 0 bridgehead atoms. The minimum atomic E-state index is -0.352. The van der Waals surface area contributed by atoms with Crippen LogP contribution in [0.2, 0.25) is 0 Å². The number of carbonyl (C=O) groups is 2. The van der Waals surface area contributed by atoms with E-state index in [1.807, 2.05) is 17.0 Å². The van der Waals surface area contributed by atoms with Gasteiger partial charge in [-0.3, -0.25) is 14.5 Å². The zero-order valence-corrected chi connectivity index (χ0v) is 17.8. The zero-order valence-electron chi connectivity index (χ0n) is 17.8. The SMILES string of the molecule is CCN1CCN(C2=C(c3ccc(OC)cc3)C(=O)N(Cc3ccc(F)cc3)C2=O)CC1. The molecule has 0 radical (unpaired) electrons. The van der Waals surface area contributed by atoms with E-state index in [1.54, 1.807) is 31.4 Å². The minimum absolute atomic E-state index is 0.107. The average Bonchev–Trinajstić information content (AvgIpc) is 3.05.